The van der Waals surface area contributed by atoms with Crippen LogP contribution in [0, 0.1) is 5.92 Å². The monoisotopic (exact) mass is 356 g/mol. The van der Waals surface area contributed by atoms with E-state index in [1.807, 2.05) is 36.4 Å². The smallest absolute Gasteiger partial charge is 0.215 e. The largest absolute Gasteiger partial charge is 0.324 e. The van der Waals surface area contributed by atoms with Crippen molar-refractivity contribution in [2.45, 2.75) is 43.5 Å². The Morgan fingerprint density at radius 2 is 1.68 bits per heavy atom. The van der Waals surface area contributed by atoms with Crippen molar-refractivity contribution in [2.24, 2.45) is 11.7 Å². The number of fused-ring (bicyclic) bond motifs is 2. The molecule has 0 spiro atoms. The van der Waals surface area contributed by atoms with Gasteiger partial charge in [0.15, 0.2) is 0 Å². The second kappa shape index (κ2) is 6.24. The van der Waals surface area contributed by atoms with Crippen molar-refractivity contribution in [1.29, 1.82) is 0 Å². The molecule has 0 aliphatic heterocycles. The van der Waals surface area contributed by atoms with Gasteiger partial charge in [0, 0.05) is 18.0 Å². The molecule has 4 nitrogen and oxygen atoms in total. The molecule has 0 radical (unpaired) electrons. The average Bonchev–Trinajstić information content (AvgIpc) is 3.16. The van der Waals surface area contributed by atoms with Crippen LogP contribution in [0.15, 0.2) is 48.5 Å². The minimum atomic E-state index is -3.45. The minimum Gasteiger partial charge on any atom is -0.324 e. The van der Waals surface area contributed by atoms with Gasteiger partial charge in [0.05, 0.1) is 5.25 Å². The summed E-state index contributed by atoms with van der Waals surface area (Å²) in [5.41, 5.74) is 11.0. The molecule has 0 fully saturated rings. The van der Waals surface area contributed by atoms with E-state index in [1.165, 1.54) is 11.1 Å². The number of hydrogen-bond donors (Lipinski definition) is 2. The highest BCUT2D eigenvalue weighted by molar-refractivity contribution is 7.90. The fraction of sp³-hybridized carbons (Fsp3) is 0.400. The van der Waals surface area contributed by atoms with Crippen LogP contribution in [-0.2, 0) is 22.9 Å². The molecule has 3 N–H and O–H groups in total. The van der Waals surface area contributed by atoms with Gasteiger partial charge >= 0.3 is 0 Å². The molecule has 0 bridgehead atoms. The lowest BCUT2D eigenvalue weighted by molar-refractivity contribution is 0.434. The summed E-state index contributed by atoms with van der Waals surface area (Å²) in [5, 5.41) is -0.525. The molecule has 5 heteroatoms. The Kier molecular flexibility index (Phi) is 4.18. The molecule has 2 unspecified atom stereocenters. The molecule has 0 aromatic heterocycles. The second-order valence-corrected chi connectivity index (χ2v) is 9.32. The lowest BCUT2D eigenvalue weighted by Gasteiger charge is -2.26. The summed E-state index contributed by atoms with van der Waals surface area (Å²) < 4.78 is 29.0. The number of benzene rings is 2. The number of sulfonamides is 1. The first-order valence-electron chi connectivity index (χ1n) is 8.89. The van der Waals surface area contributed by atoms with Gasteiger partial charge in [0.1, 0.15) is 0 Å². The summed E-state index contributed by atoms with van der Waals surface area (Å²) >= 11 is 0. The first-order chi connectivity index (χ1) is 12.0. The number of aryl methyl sites for hydroxylation is 1. The molecule has 2 aromatic rings. The fourth-order valence-electron chi connectivity index (χ4n) is 4.33. The number of rotatable bonds is 4. The van der Waals surface area contributed by atoms with Gasteiger partial charge < -0.3 is 5.73 Å². The average molecular weight is 356 g/mol. The summed E-state index contributed by atoms with van der Waals surface area (Å²) in [6.07, 6.45) is 2.47. The van der Waals surface area contributed by atoms with Gasteiger partial charge in [-0.15, -0.1) is 0 Å². The van der Waals surface area contributed by atoms with E-state index in [-0.39, 0.29) is 18.0 Å². The lowest BCUT2D eigenvalue weighted by atomic mass is 9.98. The quantitative estimate of drug-likeness (QED) is 0.885. The Bertz CT molecular complexity index is 894. The third-order valence-corrected chi connectivity index (χ3v) is 7.80. The third kappa shape index (κ3) is 2.90. The van der Waals surface area contributed by atoms with Crippen LogP contribution in [0.25, 0.3) is 0 Å². The molecule has 2 aliphatic carbocycles. The van der Waals surface area contributed by atoms with Crippen molar-refractivity contribution in [1.82, 2.24) is 4.72 Å². The Morgan fingerprint density at radius 1 is 1.04 bits per heavy atom. The molecule has 25 heavy (non-hydrogen) atoms. The second-order valence-electron chi connectivity index (χ2n) is 7.25. The molecule has 2 aliphatic rings. The van der Waals surface area contributed by atoms with Gasteiger partial charge in [-0.25, -0.2) is 13.1 Å². The number of nitrogens with one attached hydrogen (secondary N) is 1. The van der Waals surface area contributed by atoms with E-state index in [0.717, 1.165) is 30.4 Å². The Labute approximate surface area is 149 Å². The molecular weight excluding hydrogens is 332 g/mol. The van der Waals surface area contributed by atoms with Gasteiger partial charge in [-0.05, 0) is 48.4 Å². The normalized spacial score (nSPS) is 26.2. The van der Waals surface area contributed by atoms with Crippen molar-refractivity contribution in [3.05, 3.63) is 70.8 Å². The molecule has 2 aromatic carbocycles. The van der Waals surface area contributed by atoms with Crippen LogP contribution >= 0.6 is 0 Å². The maximum absolute atomic E-state index is 13.0. The first-order valence-corrected chi connectivity index (χ1v) is 10.4. The van der Waals surface area contributed by atoms with E-state index in [9.17, 15) is 8.42 Å². The first kappa shape index (κ1) is 16.8. The summed E-state index contributed by atoms with van der Waals surface area (Å²) in [5.74, 6) is -0.0912. The van der Waals surface area contributed by atoms with Gasteiger partial charge in [-0.3, -0.25) is 0 Å². The summed E-state index contributed by atoms with van der Waals surface area (Å²) in [6, 6.07) is 15.8. The van der Waals surface area contributed by atoms with Gasteiger partial charge in [-0.1, -0.05) is 48.5 Å². The van der Waals surface area contributed by atoms with E-state index in [0.29, 0.717) is 0 Å². The SMILES string of the molecule is C[C@H](C1Cc2ccccc2C1N)S(=O)(=O)N[C@@H]1CCc2ccccc21. The molecule has 0 amide bonds. The lowest BCUT2D eigenvalue weighted by Crippen LogP contribution is -2.41. The fourth-order valence-corrected chi connectivity index (χ4v) is 5.91. The van der Waals surface area contributed by atoms with Gasteiger partial charge in [0.25, 0.3) is 0 Å². The van der Waals surface area contributed by atoms with E-state index < -0.39 is 15.3 Å². The van der Waals surface area contributed by atoms with E-state index in [4.69, 9.17) is 5.73 Å². The van der Waals surface area contributed by atoms with Crippen LogP contribution in [0.5, 0.6) is 0 Å². The van der Waals surface area contributed by atoms with Crippen LogP contribution < -0.4 is 10.5 Å². The van der Waals surface area contributed by atoms with E-state index in [2.05, 4.69) is 16.9 Å². The Hall–Kier alpha value is -1.69. The molecule has 132 valence electrons. The summed E-state index contributed by atoms with van der Waals surface area (Å²) in [7, 11) is -3.45. The van der Waals surface area contributed by atoms with Crippen LogP contribution in [0.2, 0.25) is 0 Å². The van der Waals surface area contributed by atoms with Crippen LogP contribution in [0.4, 0.5) is 0 Å². The standard InChI is InChI=1S/C20H24N2O2S/c1-13(18-12-15-7-3-5-9-17(15)20(18)21)25(23,24)22-19-11-10-14-6-2-4-8-16(14)19/h2-9,13,18-20,22H,10-12,21H2,1H3/t13-,18?,19-,20?/m1/s1. The van der Waals surface area contributed by atoms with Crippen LogP contribution in [-0.4, -0.2) is 13.7 Å². The molecule has 4 atom stereocenters. The highest BCUT2D eigenvalue weighted by Gasteiger charge is 2.40. The number of nitrogens with two attached hydrogens (primary N) is 1. The summed E-state index contributed by atoms with van der Waals surface area (Å²) in [4.78, 5) is 0. The maximum Gasteiger partial charge on any atom is 0.215 e. The molecule has 4 rings (SSSR count). The third-order valence-electron chi connectivity index (χ3n) is 5.86. The molecule has 0 saturated carbocycles. The Morgan fingerprint density at radius 3 is 2.40 bits per heavy atom. The Balaban J connectivity index is 1.54. The summed E-state index contributed by atoms with van der Waals surface area (Å²) in [6.45, 7) is 1.79. The van der Waals surface area contributed by atoms with Crippen molar-refractivity contribution in [2.75, 3.05) is 0 Å². The number of hydrogen-bond acceptors (Lipinski definition) is 3. The predicted molar refractivity (Wildman–Crippen MR) is 99.6 cm³/mol. The zero-order valence-corrected chi connectivity index (χ0v) is 15.2. The zero-order chi connectivity index (χ0) is 17.6. The molecular formula is C20H24N2O2S. The minimum absolute atomic E-state index is 0.0912. The van der Waals surface area contributed by atoms with Crippen molar-refractivity contribution >= 4 is 10.0 Å². The van der Waals surface area contributed by atoms with E-state index in [1.54, 1.807) is 6.92 Å². The van der Waals surface area contributed by atoms with Crippen LogP contribution in [0.1, 0.15) is 47.7 Å². The van der Waals surface area contributed by atoms with Crippen molar-refractivity contribution in [3.63, 3.8) is 0 Å². The highest BCUT2D eigenvalue weighted by Crippen LogP contribution is 2.39. The van der Waals surface area contributed by atoms with E-state index >= 15 is 0 Å². The van der Waals surface area contributed by atoms with Crippen LogP contribution in [0.3, 0.4) is 0 Å². The molecule has 0 saturated heterocycles. The highest BCUT2D eigenvalue weighted by atomic mass is 32.2. The predicted octanol–water partition coefficient (Wildman–Crippen LogP) is 2.85. The maximum atomic E-state index is 13.0. The van der Waals surface area contributed by atoms with Crippen molar-refractivity contribution < 1.29 is 8.42 Å². The van der Waals surface area contributed by atoms with Gasteiger partial charge in [-0.2, -0.15) is 0 Å². The van der Waals surface area contributed by atoms with Crippen molar-refractivity contribution in [3.8, 4) is 0 Å². The molecule has 0 heterocycles. The zero-order valence-electron chi connectivity index (χ0n) is 14.4. The van der Waals surface area contributed by atoms with Gasteiger partial charge in [0.2, 0.25) is 10.0 Å². The topological polar surface area (TPSA) is 72.2 Å².